The summed E-state index contributed by atoms with van der Waals surface area (Å²) in [4.78, 5) is 38.9. The van der Waals surface area contributed by atoms with Crippen LogP contribution in [-0.2, 0) is 4.79 Å². The first-order valence-electron chi connectivity index (χ1n) is 11.1. The Hall–Kier alpha value is -4.11. The van der Waals surface area contributed by atoms with Crippen LogP contribution in [0.15, 0.2) is 108 Å². The van der Waals surface area contributed by atoms with E-state index < -0.39 is 5.92 Å². The molecule has 2 unspecified atom stereocenters. The van der Waals surface area contributed by atoms with Crippen molar-refractivity contribution in [3.8, 4) is 0 Å². The number of hydrogen-bond acceptors (Lipinski definition) is 3. The summed E-state index contributed by atoms with van der Waals surface area (Å²) in [5.41, 5.74) is 7.40. The van der Waals surface area contributed by atoms with E-state index in [0.29, 0.717) is 16.7 Å². The lowest BCUT2D eigenvalue weighted by Crippen LogP contribution is -2.28. The van der Waals surface area contributed by atoms with Gasteiger partial charge in [0.25, 0.3) is 0 Å². The third-order valence-electron chi connectivity index (χ3n) is 6.87. The Kier molecular flexibility index (Phi) is 4.27. The number of ketones is 3. The maximum atomic E-state index is 13.5. The average Bonchev–Trinajstić information content (AvgIpc) is 2.85. The molecule has 0 bridgehead atoms. The Bertz CT molecular complexity index is 1470. The van der Waals surface area contributed by atoms with Gasteiger partial charge in [-0.1, -0.05) is 91.1 Å². The van der Waals surface area contributed by atoms with E-state index in [0.717, 1.165) is 33.4 Å². The molecule has 0 amide bonds. The monoisotopic (exact) mass is 428 g/mol. The molecule has 0 fully saturated rings. The molecule has 2 aromatic carbocycles. The molecule has 4 aliphatic carbocycles. The molecule has 2 atom stereocenters. The number of rotatable bonds is 2. The number of fused-ring (bicyclic) bond motifs is 4. The van der Waals surface area contributed by atoms with E-state index in [-0.39, 0.29) is 23.3 Å². The topological polar surface area (TPSA) is 51.2 Å². The molecule has 6 rings (SSSR count). The first kappa shape index (κ1) is 19.6. The third kappa shape index (κ3) is 2.79. The highest BCUT2D eigenvalue weighted by Gasteiger charge is 2.39. The van der Waals surface area contributed by atoms with E-state index in [1.807, 2.05) is 78.9 Å². The highest BCUT2D eigenvalue weighted by molar-refractivity contribution is 6.24. The fraction of sp³-hybridized carbons (Fsp3) is 0.100. The van der Waals surface area contributed by atoms with Crippen molar-refractivity contribution in [2.24, 2.45) is 11.8 Å². The van der Waals surface area contributed by atoms with Gasteiger partial charge in [0.1, 0.15) is 0 Å². The molecule has 0 aliphatic heterocycles. The van der Waals surface area contributed by atoms with Crippen molar-refractivity contribution in [2.45, 2.75) is 6.92 Å². The maximum Gasteiger partial charge on any atom is 0.174 e. The molecular weight excluding hydrogens is 408 g/mol. The van der Waals surface area contributed by atoms with E-state index in [2.05, 4.69) is 0 Å². The molecule has 0 spiro atoms. The van der Waals surface area contributed by atoms with E-state index >= 15 is 0 Å². The fourth-order valence-corrected chi connectivity index (χ4v) is 5.34. The van der Waals surface area contributed by atoms with Crippen LogP contribution in [0.2, 0.25) is 0 Å². The van der Waals surface area contributed by atoms with Crippen LogP contribution in [0.3, 0.4) is 0 Å². The molecule has 4 aliphatic rings. The standard InChI is InChI=1S/C30H20O3/c1-17(31)18-14-15-22-26(16-18)30(33)25-13-7-4-10-21(25)28(22)27-19-8-2-5-11-23(19)29(32)24-12-6-3-9-20(24)27/h2-16,23,26H,1H3. The summed E-state index contributed by atoms with van der Waals surface area (Å²) < 4.78 is 0. The summed E-state index contributed by atoms with van der Waals surface area (Å²) in [7, 11) is 0. The number of carbonyl (C=O) groups excluding carboxylic acids is 3. The van der Waals surface area contributed by atoms with Crippen molar-refractivity contribution in [3.63, 3.8) is 0 Å². The van der Waals surface area contributed by atoms with Gasteiger partial charge in [-0.3, -0.25) is 14.4 Å². The zero-order valence-electron chi connectivity index (χ0n) is 18.0. The molecule has 0 saturated carbocycles. The van der Waals surface area contributed by atoms with Gasteiger partial charge in [-0.2, -0.15) is 0 Å². The molecule has 0 saturated heterocycles. The summed E-state index contributed by atoms with van der Waals surface area (Å²) in [5.74, 6) is -0.862. The summed E-state index contributed by atoms with van der Waals surface area (Å²) in [5, 5.41) is 0. The lowest BCUT2D eigenvalue weighted by atomic mass is 9.67. The van der Waals surface area contributed by atoms with Gasteiger partial charge in [0.15, 0.2) is 17.3 Å². The molecule has 3 heteroatoms. The molecule has 0 aromatic heterocycles. The number of allylic oxidation sites excluding steroid dienone is 12. The molecule has 2 aromatic rings. The molecular formula is C30H20O3. The van der Waals surface area contributed by atoms with Gasteiger partial charge in [-0.25, -0.2) is 0 Å². The summed E-state index contributed by atoms with van der Waals surface area (Å²) in [6.45, 7) is 1.52. The van der Waals surface area contributed by atoms with Crippen molar-refractivity contribution in [3.05, 3.63) is 130 Å². The van der Waals surface area contributed by atoms with Gasteiger partial charge in [0.2, 0.25) is 0 Å². The zero-order chi connectivity index (χ0) is 22.7. The molecule has 33 heavy (non-hydrogen) atoms. The van der Waals surface area contributed by atoms with Gasteiger partial charge in [-0.15, -0.1) is 0 Å². The highest BCUT2D eigenvalue weighted by atomic mass is 16.1. The van der Waals surface area contributed by atoms with Gasteiger partial charge in [0, 0.05) is 16.7 Å². The number of hydrogen-bond donors (Lipinski definition) is 0. The van der Waals surface area contributed by atoms with Gasteiger partial charge >= 0.3 is 0 Å². The van der Waals surface area contributed by atoms with E-state index in [9.17, 15) is 14.4 Å². The van der Waals surface area contributed by atoms with Crippen molar-refractivity contribution < 1.29 is 14.4 Å². The van der Waals surface area contributed by atoms with Crippen molar-refractivity contribution in [2.75, 3.05) is 0 Å². The minimum atomic E-state index is -0.529. The minimum Gasteiger partial charge on any atom is -0.295 e. The van der Waals surface area contributed by atoms with Crippen molar-refractivity contribution in [1.82, 2.24) is 0 Å². The van der Waals surface area contributed by atoms with Gasteiger partial charge in [0.05, 0.1) is 11.8 Å². The van der Waals surface area contributed by atoms with Crippen LogP contribution in [0.5, 0.6) is 0 Å². The number of benzene rings is 2. The molecule has 0 radical (unpaired) electrons. The molecule has 158 valence electrons. The van der Waals surface area contributed by atoms with Crippen LogP contribution in [0, 0.1) is 11.8 Å². The fourth-order valence-electron chi connectivity index (χ4n) is 5.34. The largest absolute Gasteiger partial charge is 0.295 e. The van der Waals surface area contributed by atoms with Crippen molar-refractivity contribution in [1.29, 1.82) is 0 Å². The molecule has 3 nitrogen and oxygen atoms in total. The second-order valence-corrected chi connectivity index (χ2v) is 8.69. The minimum absolute atomic E-state index is 0.00569. The smallest absolute Gasteiger partial charge is 0.174 e. The second kappa shape index (κ2) is 7.21. The van der Waals surface area contributed by atoms with Crippen LogP contribution in [0.4, 0.5) is 0 Å². The Morgan fingerprint density at radius 2 is 1.21 bits per heavy atom. The van der Waals surface area contributed by atoms with Crippen LogP contribution >= 0.6 is 0 Å². The van der Waals surface area contributed by atoms with E-state index in [1.54, 1.807) is 12.2 Å². The van der Waals surface area contributed by atoms with Crippen LogP contribution < -0.4 is 0 Å². The summed E-state index contributed by atoms with van der Waals surface area (Å²) in [6.07, 6.45) is 13.3. The summed E-state index contributed by atoms with van der Waals surface area (Å²) in [6, 6.07) is 15.4. The van der Waals surface area contributed by atoms with E-state index in [4.69, 9.17) is 0 Å². The Labute approximate surface area is 191 Å². The molecule has 0 heterocycles. The Morgan fingerprint density at radius 3 is 1.82 bits per heavy atom. The number of Topliss-reactive ketones (excluding diaryl/α,β-unsaturated/α-hetero) is 3. The van der Waals surface area contributed by atoms with Crippen LogP contribution in [0.25, 0.3) is 11.1 Å². The highest BCUT2D eigenvalue weighted by Crippen LogP contribution is 2.50. The van der Waals surface area contributed by atoms with Gasteiger partial charge in [-0.05, 0) is 40.3 Å². The predicted molar refractivity (Wildman–Crippen MR) is 129 cm³/mol. The normalized spacial score (nSPS) is 22.5. The Morgan fingerprint density at radius 1 is 0.667 bits per heavy atom. The third-order valence-corrected chi connectivity index (χ3v) is 6.87. The summed E-state index contributed by atoms with van der Waals surface area (Å²) >= 11 is 0. The predicted octanol–water partition coefficient (Wildman–Crippen LogP) is 5.73. The van der Waals surface area contributed by atoms with Gasteiger partial charge < -0.3 is 0 Å². The SMILES string of the molecule is CC(=O)C1=CC2C(=O)c3ccccc3C(C3=C4C=CC=CC4C(=O)c4ccccc43)=C2C=C1. The first-order valence-corrected chi connectivity index (χ1v) is 11.1. The zero-order valence-corrected chi connectivity index (χ0v) is 18.0. The van der Waals surface area contributed by atoms with Crippen LogP contribution in [0.1, 0.15) is 38.8 Å². The first-order chi connectivity index (χ1) is 16.1. The van der Waals surface area contributed by atoms with E-state index in [1.165, 1.54) is 6.92 Å². The van der Waals surface area contributed by atoms with Crippen molar-refractivity contribution >= 4 is 28.5 Å². The lowest BCUT2D eigenvalue weighted by Gasteiger charge is -2.34. The quantitative estimate of drug-likeness (QED) is 0.614. The lowest BCUT2D eigenvalue weighted by molar-refractivity contribution is -0.113. The average molecular weight is 428 g/mol. The number of carbonyl (C=O) groups is 3. The maximum absolute atomic E-state index is 13.5. The second-order valence-electron chi connectivity index (χ2n) is 8.69. The Balaban J connectivity index is 1.72. The van der Waals surface area contributed by atoms with Crippen LogP contribution in [-0.4, -0.2) is 17.3 Å². The molecule has 0 N–H and O–H groups in total.